The minimum Gasteiger partial charge on any atom is -0.352 e. The maximum Gasteiger partial charge on any atom is 0.180 e. The Morgan fingerprint density at radius 1 is 0.912 bits per heavy atom. The molecule has 3 aromatic rings. The monoisotopic (exact) mass is 455 g/mol. The first-order valence-corrected chi connectivity index (χ1v) is 11.1. The molecule has 34 heavy (non-hydrogen) atoms. The maximum atomic E-state index is 15.3. The fraction of sp³-hybridized carbons (Fsp3) is 0.179. The summed E-state index contributed by atoms with van der Waals surface area (Å²) < 4.78 is 29.3. The van der Waals surface area contributed by atoms with Crippen molar-refractivity contribution in [1.29, 1.82) is 0 Å². The van der Waals surface area contributed by atoms with Gasteiger partial charge in [-0.1, -0.05) is 54.6 Å². The van der Waals surface area contributed by atoms with Crippen molar-refractivity contribution >= 4 is 29.1 Å². The maximum absolute atomic E-state index is 15.3. The van der Waals surface area contributed by atoms with Crippen molar-refractivity contribution in [2.45, 2.75) is 24.9 Å². The average molecular weight is 455 g/mol. The minimum absolute atomic E-state index is 0.142. The number of rotatable bonds is 2. The van der Waals surface area contributed by atoms with Crippen LogP contribution in [0.15, 0.2) is 72.8 Å². The summed E-state index contributed by atoms with van der Waals surface area (Å²) in [5.74, 6) is -3.24. The van der Waals surface area contributed by atoms with Gasteiger partial charge in [0.2, 0.25) is 0 Å². The molecule has 1 aliphatic carbocycles. The highest BCUT2D eigenvalue weighted by atomic mass is 19.1. The van der Waals surface area contributed by atoms with Gasteiger partial charge in [-0.15, -0.1) is 0 Å². The number of anilines is 1. The Bertz CT molecular complexity index is 1410. The third-order valence-electron chi connectivity index (χ3n) is 7.42. The average Bonchev–Trinajstić information content (AvgIpc) is 3.26. The van der Waals surface area contributed by atoms with E-state index < -0.39 is 46.6 Å². The Kier molecular flexibility index (Phi) is 4.27. The number of fused-ring (bicyclic) bond motifs is 5. The van der Waals surface area contributed by atoms with Crippen molar-refractivity contribution in [3.63, 3.8) is 0 Å². The lowest BCUT2D eigenvalue weighted by molar-refractivity contribution is -0.118. The lowest BCUT2D eigenvalue weighted by atomic mass is 9.64. The molecule has 0 unspecified atom stereocenters. The van der Waals surface area contributed by atoms with Gasteiger partial charge in [-0.25, -0.2) is 8.78 Å². The Labute approximate surface area is 194 Å². The summed E-state index contributed by atoms with van der Waals surface area (Å²) in [6.07, 6.45) is 3.35. The molecule has 0 saturated carbocycles. The van der Waals surface area contributed by atoms with Crippen LogP contribution in [0.2, 0.25) is 0 Å². The summed E-state index contributed by atoms with van der Waals surface area (Å²) in [6.45, 7) is 1.38. The third-order valence-corrected chi connectivity index (χ3v) is 7.42. The van der Waals surface area contributed by atoms with Gasteiger partial charge >= 0.3 is 0 Å². The number of nitrogens with zero attached hydrogens (tertiary/aromatic N) is 1. The van der Waals surface area contributed by atoms with Crippen molar-refractivity contribution in [2.75, 3.05) is 4.90 Å². The van der Waals surface area contributed by atoms with E-state index in [1.807, 2.05) is 0 Å². The van der Waals surface area contributed by atoms with E-state index in [0.717, 1.165) is 0 Å². The van der Waals surface area contributed by atoms with Crippen LogP contribution in [-0.4, -0.2) is 29.4 Å². The van der Waals surface area contributed by atoms with Crippen molar-refractivity contribution in [3.05, 3.63) is 107 Å². The second-order valence-electron chi connectivity index (χ2n) is 9.04. The molecule has 0 N–H and O–H groups in total. The normalized spacial score (nSPS) is 23.7. The van der Waals surface area contributed by atoms with E-state index in [2.05, 4.69) is 0 Å². The van der Waals surface area contributed by atoms with Gasteiger partial charge in [0.1, 0.15) is 17.0 Å². The van der Waals surface area contributed by atoms with Crippen LogP contribution in [0.25, 0.3) is 6.08 Å². The van der Waals surface area contributed by atoms with Crippen LogP contribution in [0.1, 0.15) is 44.7 Å². The molecule has 2 aliphatic heterocycles. The molecule has 3 atom stereocenters. The summed E-state index contributed by atoms with van der Waals surface area (Å²) in [5.41, 5.74) is 0.0208. The second-order valence-corrected chi connectivity index (χ2v) is 9.04. The van der Waals surface area contributed by atoms with E-state index >= 15 is 4.39 Å². The number of carbonyl (C=O) groups is 3. The Morgan fingerprint density at radius 3 is 2.21 bits per heavy atom. The SMILES string of the molecule is CC(=O)[C@@H]1[C@H](c2ccccc2F)C2(C(=O)c3ccccc3C2=O)[C@@H]2C=Cc3cc(F)ccc3N12. The molecule has 168 valence electrons. The lowest BCUT2D eigenvalue weighted by Gasteiger charge is -2.37. The highest BCUT2D eigenvalue weighted by Gasteiger charge is 2.71. The van der Waals surface area contributed by atoms with Gasteiger partial charge in [0.25, 0.3) is 0 Å². The summed E-state index contributed by atoms with van der Waals surface area (Å²) in [7, 11) is 0. The number of benzene rings is 3. The Hall–Kier alpha value is -3.93. The molecule has 6 rings (SSSR count). The van der Waals surface area contributed by atoms with Crippen LogP contribution in [0.5, 0.6) is 0 Å². The van der Waals surface area contributed by atoms with Crippen LogP contribution in [0.3, 0.4) is 0 Å². The first-order valence-electron chi connectivity index (χ1n) is 11.1. The largest absolute Gasteiger partial charge is 0.352 e. The molecule has 4 nitrogen and oxygen atoms in total. The summed E-state index contributed by atoms with van der Waals surface area (Å²) in [6, 6.07) is 14.9. The summed E-state index contributed by atoms with van der Waals surface area (Å²) in [4.78, 5) is 43.2. The fourth-order valence-corrected chi connectivity index (χ4v) is 6.17. The molecule has 1 saturated heterocycles. The molecule has 6 heteroatoms. The predicted octanol–water partition coefficient (Wildman–Crippen LogP) is 4.99. The zero-order chi connectivity index (χ0) is 23.8. The molecule has 0 radical (unpaired) electrons. The highest BCUT2D eigenvalue weighted by Crippen LogP contribution is 2.60. The van der Waals surface area contributed by atoms with Crippen molar-refractivity contribution in [3.8, 4) is 0 Å². The Balaban J connectivity index is 1.70. The molecule has 3 aromatic carbocycles. The van der Waals surface area contributed by atoms with E-state index in [1.54, 1.807) is 53.5 Å². The minimum atomic E-state index is -1.73. The number of hydrogen-bond acceptors (Lipinski definition) is 4. The summed E-state index contributed by atoms with van der Waals surface area (Å²) in [5, 5.41) is 0. The molecular weight excluding hydrogens is 436 g/mol. The van der Waals surface area contributed by atoms with Gasteiger partial charge in [-0.05, 0) is 36.8 Å². The number of Topliss-reactive ketones (excluding diaryl/α,β-unsaturated/α-hetero) is 3. The van der Waals surface area contributed by atoms with Crippen LogP contribution in [0.4, 0.5) is 14.5 Å². The number of hydrogen-bond donors (Lipinski definition) is 0. The van der Waals surface area contributed by atoms with Crippen LogP contribution in [0, 0.1) is 17.0 Å². The lowest BCUT2D eigenvalue weighted by Crippen LogP contribution is -2.48. The third kappa shape index (κ3) is 2.43. The molecule has 0 bridgehead atoms. The molecular formula is C28H19F2NO3. The van der Waals surface area contributed by atoms with Crippen LogP contribution >= 0.6 is 0 Å². The highest BCUT2D eigenvalue weighted by molar-refractivity contribution is 6.32. The fourth-order valence-electron chi connectivity index (χ4n) is 6.17. The number of ketones is 3. The van der Waals surface area contributed by atoms with Crippen molar-refractivity contribution in [2.24, 2.45) is 5.41 Å². The van der Waals surface area contributed by atoms with Crippen molar-refractivity contribution < 1.29 is 23.2 Å². The molecule has 0 aromatic heterocycles. The van der Waals surface area contributed by atoms with Gasteiger partial charge in [-0.2, -0.15) is 0 Å². The predicted molar refractivity (Wildman–Crippen MR) is 123 cm³/mol. The zero-order valence-electron chi connectivity index (χ0n) is 18.2. The van der Waals surface area contributed by atoms with Gasteiger partial charge in [0.15, 0.2) is 17.3 Å². The summed E-state index contributed by atoms with van der Waals surface area (Å²) >= 11 is 0. The topological polar surface area (TPSA) is 54.5 Å². The first-order chi connectivity index (χ1) is 16.4. The molecule has 2 heterocycles. The van der Waals surface area contributed by atoms with Gasteiger partial charge in [-0.3, -0.25) is 14.4 Å². The second kappa shape index (κ2) is 7.03. The van der Waals surface area contributed by atoms with E-state index in [0.29, 0.717) is 11.3 Å². The number of halogens is 2. The van der Waals surface area contributed by atoms with Crippen LogP contribution in [-0.2, 0) is 4.79 Å². The smallest absolute Gasteiger partial charge is 0.180 e. The van der Waals surface area contributed by atoms with E-state index in [4.69, 9.17) is 0 Å². The van der Waals surface area contributed by atoms with Gasteiger partial charge < -0.3 is 4.90 Å². The van der Waals surface area contributed by atoms with E-state index in [1.165, 1.54) is 37.3 Å². The molecule has 0 amide bonds. The van der Waals surface area contributed by atoms with Crippen molar-refractivity contribution in [1.82, 2.24) is 0 Å². The zero-order valence-corrected chi connectivity index (χ0v) is 18.2. The molecule has 1 spiro atoms. The first kappa shape index (κ1) is 20.7. The van der Waals surface area contributed by atoms with E-state index in [-0.39, 0.29) is 22.5 Å². The molecule has 1 fully saturated rings. The van der Waals surface area contributed by atoms with Gasteiger partial charge in [0.05, 0.1) is 12.1 Å². The van der Waals surface area contributed by atoms with Crippen LogP contribution < -0.4 is 4.90 Å². The Morgan fingerprint density at radius 2 is 1.56 bits per heavy atom. The van der Waals surface area contributed by atoms with Gasteiger partial charge in [0, 0.05) is 28.3 Å². The van der Waals surface area contributed by atoms with E-state index in [9.17, 15) is 18.8 Å². The standard InChI is InChI=1S/C28H19F2NO3/c1-15(32)25-24(20-8-4-5-9-21(20)30)28(26(33)18-6-2-3-7-19(18)27(28)34)23-13-10-16-14-17(29)11-12-22(16)31(23)25/h2-14,23-25H,1H3/t23-,24-,25+/m0/s1. The quantitative estimate of drug-likeness (QED) is 0.511. The number of carbonyl (C=O) groups excluding carboxylic acids is 3. The molecule has 3 aliphatic rings.